The van der Waals surface area contributed by atoms with Gasteiger partial charge in [0.05, 0.1) is 27.5 Å². The van der Waals surface area contributed by atoms with Gasteiger partial charge in [0, 0.05) is 10.0 Å². The van der Waals surface area contributed by atoms with Gasteiger partial charge in [-0.1, -0.05) is 76.7 Å². The molecule has 5 nitrogen and oxygen atoms in total. The topological polar surface area (TPSA) is 49.9 Å². The third kappa shape index (κ3) is 3.36. The number of imide groups is 1. The van der Waals surface area contributed by atoms with E-state index in [2.05, 4.69) is 0 Å². The molecule has 2 aliphatic rings. The third-order valence-corrected chi connectivity index (χ3v) is 6.74. The van der Waals surface area contributed by atoms with Gasteiger partial charge in [0.25, 0.3) is 5.91 Å². The predicted molar refractivity (Wildman–Crippen MR) is 125 cm³/mol. The van der Waals surface area contributed by atoms with Gasteiger partial charge in [-0.3, -0.25) is 14.4 Å². The first-order valence-electron chi connectivity index (χ1n) is 9.66. The summed E-state index contributed by atoms with van der Waals surface area (Å²) in [5.74, 6) is -1.87. The van der Waals surface area contributed by atoms with Gasteiger partial charge in [-0.2, -0.15) is 0 Å². The summed E-state index contributed by atoms with van der Waals surface area (Å²) in [6.45, 7) is 0. The number of fused-ring (bicyclic) bond motifs is 1. The first-order valence-corrected chi connectivity index (χ1v) is 11.2. The summed E-state index contributed by atoms with van der Waals surface area (Å²) < 4.78 is 0. The van der Waals surface area contributed by atoms with E-state index in [9.17, 15) is 9.59 Å². The molecule has 0 saturated carbocycles. The van der Waals surface area contributed by atoms with Crippen molar-refractivity contribution in [2.45, 2.75) is 12.1 Å². The Balaban J connectivity index is 1.64. The minimum atomic E-state index is -1.06. The Kier molecular flexibility index (Phi) is 5.56. The molecule has 3 aromatic rings. The van der Waals surface area contributed by atoms with Gasteiger partial charge in [0.1, 0.15) is 5.92 Å². The van der Waals surface area contributed by atoms with Gasteiger partial charge in [-0.15, -0.1) is 0 Å². The second-order valence-electron chi connectivity index (χ2n) is 7.41. The van der Waals surface area contributed by atoms with E-state index in [-0.39, 0.29) is 15.7 Å². The zero-order valence-electron chi connectivity index (χ0n) is 16.2. The number of benzene rings is 3. The molecule has 0 N–H and O–H groups in total. The Hall–Kier alpha value is -2.28. The highest BCUT2D eigenvalue weighted by atomic mass is 35.5. The van der Waals surface area contributed by atoms with Gasteiger partial charge < -0.3 is 0 Å². The van der Waals surface area contributed by atoms with Gasteiger partial charge in [-0.05, 0) is 42.0 Å². The minimum Gasteiger partial charge on any atom is -0.273 e. The third-order valence-electron chi connectivity index (χ3n) is 5.57. The maximum absolute atomic E-state index is 13.7. The second kappa shape index (κ2) is 8.25. The van der Waals surface area contributed by atoms with Crippen LogP contribution in [-0.2, 0) is 14.4 Å². The van der Waals surface area contributed by atoms with Crippen molar-refractivity contribution in [3.63, 3.8) is 0 Å². The predicted octanol–water partition coefficient (Wildman–Crippen LogP) is 6.35. The smallest absolute Gasteiger partial charge is 0.266 e. The zero-order chi connectivity index (χ0) is 22.6. The second-order valence-corrected chi connectivity index (χ2v) is 9.06. The van der Waals surface area contributed by atoms with Crippen LogP contribution in [0.4, 0.5) is 11.4 Å². The van der Waals surface area contributed by atoms with Crippen LogP contribution in [0.25, 0.3) is 0 Å². The van der Waals surface area contributed by atoms with E-state index in [0.29, 0.717) is 21.3 Å². The van der Waals surface area contributed by atoms with Crippen molar-refractivity contribution in [3.8, 4) is 0 Å². The number of rotatable bonds is 3. The number of amides is 2. The number of hydrogen-bond acceptors (Lipinski definition) is 4. The first kappa shape index (κ1) is 21.6. The summed E-state index contributed by atoms with van der Waals surface area (Å²) in [6, 6.07) is 18.3. The lowest BCUT2D eigenvalue weighted by Crippen LogP contribution is -2.37. The van der Waals surface area contributed by atoms with Gasteiger partial charge in [0.2, 0.25) is 5.91 Å². The van der Waals surface area contributed by atoms with Gasteiger partial charge in [0.15, 0.2) is 6.10 Å². The SMILES string of the molecule is O=C1C2ON(c3ccccc3)C(c3ccc(Cl)cc3Cl)C2C(=O)N1c1c(Cl)cccc1Cl. The molecule has 0 bridgehead atoms. The van der Waals surface area contributed by atoms with E-state index in [1.165, 1.54) is 0 Å². The summed E-state index contributed by atoms with van der Waals surface area (Å²) >= 11 is 25.2. The number of anilines is 2. The van der Waals surface area contributed by atoms with E-state index in [1.807, 2.05) is 30.3 Å². The van der Waals surface area contributed by atoms with Crippen molar-refractivity contribution in [2.75, 3.05) is 9.96 Å². The average molecular weight is 508 g/mol. The maximum Gasteiger partial charge on any atom is 0.266 e. The van der Waals surface area contributed by atoms with E-state index in [0.717, 1.165) is 4.90 Å². The fraction of sp³-hybridized carbons (Fsp3) is 0.130. The highest BCUT2D eigenvalue weighted by Crippen LogP contribution is 2.50. The van der Waals surface area contributed by atoms with Crippen LogP contribution < -0.4 is 9.96 Å². The first-order chi connectivity index (χ1) is 15.4. The average Bonchev–Trinajstić information content (AvgIpc) is 3.26. The standard InChI is InChI=1S/C23H14Cl4N2O3/c24-12-9-10-14(17(27)11-12)19-18-21(32-29(19)13-5-2-1-3-6-13)23(31)28(22(18)30)20-15(25)7-4-8-16(20)26/h1-11,18-19,21H. The monoisotopic (exact) mass is 506 g/mol. The zero-order valence-corrected chi connectivity index (χ0v) is 19.2. The number of nitrogens with zero attached hydrogens (tertiary/aromatic N) is 2. The fourth-order valence-electron chi connectivity index (χ4n) is 4.19. The van der Waals surface area contributed by atoms with Crippen molar-refractivity contribution in [1.29, 1.82) is 0 Å². The van der Waals surface area contributed by atoms with E-state index in [4.69, 9.17) is 51.2 Å². The maximum atomic E-state index is 13.7. The molecular formula is C23H14Cl4N2O3. The lowest BCUT2D eigenvalue weighted by atomic mass is 9.90. The molecule has 2 amide bonds. The Bertz CT molecular complexity index is 1220. The molecule has 2 saturated heterocycles. The molecule has 32 heavy (non-hydrogen) atoms. The summed E-state index contributed by atoms with van der Waals surface area (Å²) in [6.07, 6.45) is -1.06. The molecule has 0 radical (unpaired) electrons. The van der Waals surface area contributed by atoms with Crippen molar-refractivity contribution in [3.05, 3.63) is 92.4 Å². The van der Waals surface area contributed by atoms with Crippen molar-refractivity contribution >= 4 is 69.6 Å². The molecule has 2 fully saturated rings. The summed E-state index contributed by atoms with van der Waals surface area (Å²) in [5.41, 5.74) is 1.44. The number of para-hydroxylation sites is 2. The molecule has 0 aromatic heterocycles. The van der Waals surface area contributed by atoms with Crippen molar-refractivity contribution in [2.24, 2.45) is 5.92 Å². The summed E-state index contributed by atoms with van der Waals surface area (Å²) in [4.78, 5) is 34.1. The van der Waals surface area contributed by atoms with Crippen molar-refractivity contribution in [1.82, 2.24) is 0 Å². The highest BCUT2D eigenvalue weighted by Gasteiger charge is 2.61. The quantitative estimate of drug-likeness (QED) is 0.387. The molecule has 9 heteroatoms. The number of halogens is 4. The Morgan fingerprint density at radius 3 is 2.09 bits per heavy atom. The number of hydroxylamine groups is 1. The summed E-state index contributed by atoms with van der Waals surface area (Å²) in [5, 5.41) is 2.77. The highest BCUT2D eigenvalue weighted by molar-refractivity contribution is 6.42. The normalized spacial score (nSPS) is 22.6. The number of carbonyl (C=O) groups excluding carboxylic acids is 2. The van der Waals surface area contributed by atoms with Crippen LogP contribution in [0.2, 0.25) is 20.1 Å². The van der Waals surface area contributed by atoms with Crippen LogP contribution in [0.1, 0.15) is 11.6 Å². The van der Waals surface area contributed by atoms with Crippen LogP contribution in [0.3, 0.4) is 0 Å². The van der Waals surface area contributed by atoms with E-state index in [1.54, 1.807) is 41.5 Å². The van der Waals surface area contributed by atoms with Gasteiger partial charge in [-0.25, -0.2) is 9.96 Å². The van der Waals surface area contributed by atoms with Crippen LogP contribution >= 0.6 is 46.4 Å². The van der Waals surface area contributed by atoms with E-state index >= 15 is 0 Å². The molecule has 0 spiro atoms. The number of hydrogen-bond donors (Lipinski definition) is 0. The Labute approximate surface area is 203 Å². The van der Waals surface area contributed by atoms with Crippen LogP contribution in [-0.4, -0.2) is 17.9 Å². The molecule has 3 unspecified atom stereocenters. The largest absolute Gasteiger partial charge is 0.273 e. The number of carbonyl (C=O) groups is 2. The Morgan fingerprint density at radius 1 is 0.750 bits per heavy atom. The molecule has 5 rings (SSSR count). The lowest BCUT2D eigenvalue weighted by Gasteiger charge is -2.29. The van der Waals surface area contributed by atoms with Gasteiger partial charge >= 0.3 is 0 Å². The summed E-state index contributed by atoms with van der Waals surface area (Å²) in [7, 11) is 0. The Morgan fingerprint density at radius 2 is 1.44 bits per heavy atom. The molecule has 2 heterocycles. The van der Waals surface area contributed by atoms with Crippen LogP contribution in [0.5, 0.6) is 0 Å². The molecular weight excluding hydrogens is 494 g/mol. The molecule has 0 aliphatic carbocycles. The van der Waals surface area contributed by atoms with Crippen LogP contribution in [0.15, 0.2) is 66.7 Å². The van der Waals surface area contributed by atoms with Crippen molar-refractivity contribution < 1.29 is 14.4 Å². The van der Waals surface area contributed by atoms with E-state index < -0.39 is 29.9 Å². The fourth-order valence-corrected chi connectivity index (χ4v) is 5.28. The molecule has 3 aromatic carbocycles. The molecule has 162 valence electrons. The minimum absolute atomic E-state index is 0.149. The lowest BCUT2D eigenvalue weighted by molar-refractivity contribution is -0.126. The molecule has 3 atom stereocenters. The van der Waals surface area contributed by atoms with Crippen LogP contribution in [0, 0.1) is 5.92 Å². The molecule has 2 aliphatic heterocycles.